The van der Waals surface area contributed by atoms with Gasteiger partial charge in [-0.3, -0.25) is 24.6 Å². The standard InChI is InChI=1S/C20H18N2O5S2/c23-10-11-28-17-7-6-15(12-16(17)22(26)27)13-18-19(24)21(20(25)29-18)9-8-14-4-2-1-3-5-14/h1-7,12-13,23H,8-11H2/b18-13-. The van der Waals surface area contributed by atoms with E-state index in [9.17, 15) is 19.7 Å². The molecule has 0 bridgehead atoms. The highest BCUT2D eigenvalue weighted by atomic mass is 32.2. The number of rotatable bonds is 8. The fraction of sp³-hybridized carbons (Fsp3) is 0.200. The minimum absolute atomic E-state index is 0.0836. The number of carbonyl (C=O) groups is 2. The van der Waals surface area contributed by atoms with Gasteiger partial charge in [-0.25, -0.2) is 0 Å². The van der Waals surface area contributed by atoms with E-state index in [4.69, 9.17) is 5.11 Å². The zero-order valence-corrected chi connectivity index (χ0v) is 16.9. The zero-order chi connectivity index (χ0) is 20.8. The number of aliphatic hydroxyl groups is 1. The maximum atomic E-state index is 12.6. The highest BCUT2D eigenvalue weighted by molar-refractivity contribution is 8.18. The third kappa shape index (κ3) is 5.26. The van der Waals surface area contributed by atoms with Crippen LogP contribution in [0.1, 0.15) is 11.1 Å². The van der Waals surface area contributed by atoms with Crippen molar-refractivity contribution in [1.82, 2.24) is 4.90 Å². The topological polar surface area (TPSA) is 101 Å². The molecule has 1 N–H and O–H groups in total. The van der Waals surface area contributed by atoms with Crippen LogP contribution < -0.4 is 0 Å². The van der Waals surface area contributed by atoms with Gasteiger partial charge < -0.3 is 5.11 Å². The van der Waals surface area contributed by atoms with Crippen LogP contribution in [-0.4, -0.2) is 45.0 Å². The molecule has 1 aliphatic rings. The van der Waals surface area contributed by atoms with Crippen molar-refractivity contribution in [2.45, 2.75) is 11.3 Å². The highest BCUT2D eigenvalue weighted by Crippen LogP contribution is 2.35. The average Bonchev–Trinajstić information content (AvgIpc) is 2.98. The van der Waals surface area contributed by atoms with Crippen molar-refractivity contribution in [3.05, 3.63) is 74.7 Å². The van der Waals surface area contributed by atoms with Crippen molar-refractivity contribution >= 4 is 46.4 Å². The van der Waals surface area contributed by atoms with E-state index in [2.05, 4.69) is 0 Å². The molecule has 0 radical (unpaired) electrons. The van der Waals surface area contributed by atoms with E-state index >= 15 is 0 Å². The van der Waals surface area contributed by atoms with E-state index in [1.807, 2.05) is 30.3 Å². The van der Waals surface area contributed by atoms with E-state index in [1.165, 1.54) is 28.8 Å². The van der Waals surface area contributed by atoms with Gasteiger partial charge in [0.25, 0.3) is 16.8 Å². The minimum atomic E-state index is -0.497. The molecule has 1 saturated heterocycles. The Morgan fingerprint density at radius 3 is 2.62 bits per heavy atom. The fourth-order valence-electron chi connectivity index (χ4n) is 2.77. The van der Waals surface area contributed by atoms with Crippen molar-refractivity contribution in [1.29, 1.82) is 0 Å². The second-order valence-corrected chi connectivity index (χ2v) is 8.26. The summed E-state index contributed by atoms with van der Waals surface area (Å²) in [7, 11) is 0. The lowest BCUT2D eigenvalue weighted by Crippen LogP contribution is -2.30. The Bertz CT molecular complexity index is 963. The van der Waals surface area contributed by atoms with Crippen molar-refractivity contribution in [2.24, 2.45) is 0 Å². The van der Waals surface area contributed by atoms with E-state index < -0.39 is 10.8 Å². The van der Waals surface area contributed by atoms with Gasteiger partial charge >= 0.3 is 0 Å². The Kier molecular flexibility index (Phi) is 7.08. The first-order chi connectivity index (χ1) is 14.0. The number of benzene rings is 2. The van der Waals surface area contributed by atoms with Gasteiger partial charge in [0.15, 0.2) is 0 Å². The number of hydrogen-bond acceptors (Lipinski definition) is 7. The lowest BCUT2D eigenvalue weighted by Gasteiger charge is -2.12. The molecule has 0 spiro atoms. The normalized spacial score (nSPS) is 15.3. The lowest BCUT2D eigenvalue weighted by molar-refractivity contribution is -0.387. The van der Waals surface area contributed by atoms with Crippen LogP contribution >= 0.6 is 23.5 Å². The molecule has 7 nitrogen and oxygen atoms in total. The summed E-state index contributed by atoms with van der Waals surface area (Å²) in [6, 6.07) is 14.2. The molecular weight excluding hydrogens is 412 g/mol. The number of imide groups is 1. The maximum Gasteiger partial charge on any atom is 0.293 e. The molecule has 29 heavy (non-hydrogen) atoms. The number of aliphatic hydroxyl groups excluding tert-OH is 1. The van der Waals surface area contributed by atoms with Gasteiger partial charge in [-0.1, -0.05) is 36.4 Å². The van der Waals surface area contributed by atoms with E-state index in [0.29, 0.717) is 22.6 Å². The minimum Gasteiger partial charge on any atom is -0.396 e. The van der Waals surface area contributed by atoms with Crippen LogP contribution in [0.5, 0.6) is 0 Å². The Morgan fingerprint density at radius 1 is 1.17 bits per heavy atom. The monoisotopic (exact) mass is 430 g/mol. The summed E-state index contributed by atoms with van der Waals surface area (Å²) >= 11 is 2.02. The lowest BCUT2D eigenvalue weighted by atomic mass is 10.1. The van der Waals surface area contributed by atoms with Gasteiger partial charge in [0.05, 0.1) is 21.3 Å². The second kappa shape index (κ2) is 9.73. The number of hydrogen-bond donors (Lipinski definition) is 1. The molecule has 1 fully saturated rings. The summed E-state index contributed by atoms with van der Waals surface area (Å²) in [5.41, 5.74) is 1.40. The number of carbonyl (C=O) groups excluding carboxylic acids is 2. The van der Waals surface area contributed by atoms with Crippen LogP contribution in [0.4, 0.5) is 10.5 Å². The SMILES string of the molecule is O=C1S/C(=C\c2ccc(SCCO)c([N+](=O)[O-])c2)C(=O)N1CCc1ccccc1. The van der Waals surface area contributed by atoms with E-state index in [-0.39, 0.29) is 29.0 Å². The zero-order valence-electron chi connectivity index (χ0n) is 15.3. The first-order valence-corrected chi connectivity index (χ1v) is 10.6. The van der Waals surface area contributed by atoms with E-state index in [1.54, 1.807) is 12.1 Å². The highest BCUT2D eigenvalue weighted by Gasteiger charge is 2.34. The predicted octanol–water partition coefficient (Wildman–Crippen LogP) is 3.96. The van der Waals surface area contributed by atoms with Crippen molar-refractivity contribution in [3.63, 3.8) is 0 Å². The van der Waals surface area contributed by atoms with Gasteiger partial charge in [0.2, 0.25) is 0 Å². The Balaban J connectivity index is 1.76. The van der Waals surface area contributed by atoms with Gasteiger partial charge in [-0.15, -0.1) is 11.8 Å². The van der Waals surface area contributed by atoms with Crippen LogP contribution in [0.15, 0.2) is 58.3 Å². The van der Waals surface area contributed by atoms with Crippen molar-refractivity contribution < 1.29 is 19.6 Å². The molecule has 0 aromatic heterocycles. The maximum absolute atomic E-state index is 12.6. The molecule has 2 aromatic rings. The largest absolute Gasteiger partial charge is 0.396 e. The third-order valence-electron chi connectivity index (χ3n) is 4.17. The molecule has 9 heteroatoms. The molecule has 0 aliphatic carbocycles. The second-order valence-electron chi connectivity index (χ2n) is 6.13. The number of amides is 2. The smallest absolute Gasteiger partial charge is 0.293 e. The third-order valence-corrected chi connectivity index (χ3v) is 6.12. The van der Waals surface area contributed by atoms with Crippen LogP contribution in [0.2, 0.25) is 0 Å². The van der Waals surface area contributed by atoms with Crippen LogP contribution in [-0.2, 0) is 11.2 Å². The fourth-order valence-corrected chi connectivity index (χ4v) is 4.40. The summed E-state index contributed by atoms with van der Waals surface area (Å²) in [6.45, 7) is 0.197. The molecular formula is C20H18N2O5S2. The number of nitro benzene ring substituents is 1. The van der Waals surface area contributed by atoms with E-state index in [0.717, 1.165) is 17.3 Å². The summed E-state index contributed by atoms with van der Waals surface area (Å²) in [5.74, 6) is -0.0437. The first kappa shape index (κ1) is 21.1. The van der Waals surface area contributed by atoms with Crippen LogP contribution in [0, 0.1) is 10.1 Å². The average molecular weight is 431 g/mol. The van der Waals surface area contributed by atoms with Gasteiger partial charge in [0.1, 0.15) is 0 Å². The van der Waals surface area contributed by atoms with Crippen LogP contribution in [0.3, 0.4) is 0 Å². The number of nitrogens with zero attached hydrogens (tertiary/aromatic N) is 2. The molecule has 2 amide bonds. The molecule has 1 aliphatic heterocycles. The summed E-state index contributed by atoms with van der Waals surface area (Å²) in [4.78, 5) is 37.6. The molecule has 0 unspecified atom stereocenters. The Hall–Kier alpha value is -2.62. The predicted molar refractivity (Wildman–Crippen MR) is 114 cm³/mol. The summed E-state index contributed by atoms with van der Waals surface area (Å²) in [5, 5.41) is 19.9. The van der Waals surface area contributed by atoms with Gasteiger partial charge in [-0.05, 0) is 41.5 Å². The van der Waals surface area contributed by atoms with Gasteiger partial charge in [0, 0.05) is 18.4 Å². The Morgan fingerprint density at radius 2 is 1.93 bits per heavy atom. The molecule has 0 atom stereocenters. The van der Waals surface area contributed by atoms with Crippen LogP contribution in [0.25, 0.3) is 6.08 Å². The molecule has 2 aromatic carbocycles. The van der Waals surface area contributed by atoms with Crippen molar-refractivity contribution in [3.8, 4) is 0 Å². The Labute approximate surface area is 175 Å². The number of nitro groups is 1. The molecule has 0 saturated carbocycles. The quantitative estimate of drug-likeness (QED) is 0.293. The van der Waals surface area contributed by atoms with Crippen molar-refractivity contribution in [2.75, 3.05) is 18.9 Å². The molecule has 1 heterocycles. The first-order valence-electron chi connectivity index (χ1n) is 8.81. The van der Waals surface area contributed by atoms with Gasteiger partial charge in [-0.2, -0.15) is 0 Å². The molecule has 3 rings (SSSR count). The number of thioether (sulfide) groups is 2. The molecule has 150 valence electrons. The summed E-state index contributed by atoms with van der Waals surface area (Å²) in [6.07, 6.45) is 2.06. The summed E-state index contributed by atoms with van der Waals surface area (Å²) < 4.78 is 0.